The maximum atomic E-state index is 12.1. The third-order valence-corrected chi connectivity index (χ3v) is 5.82. The Bertz CT molecular complexity index is 484. The van der Waals surface area contributed by atoms with E-state index in [-0.39, 0.29) is 0 Å². The van der Waals surface area contributed by atoms with Crippen molar-refractivity contribution < 1.29 is 9.90 Å². The summed E-state index contributed by atoms with van der Waals surface area (Å²) in [6.07, 6.45) is 8.11. The van der Waals surface area contributed by atoms with Gasteiger partial charge < -0.3 is 5.11 Å². The number of rotatable bonds is 0. The van der Waals surface area contributed by atoms with Gasteiger partial charge in [-0.1, -0.05) is 38.5 Å². The third-order valence-electron chi connectivity index (χ3n) is 5.82. The third kappa shape index (κ3) is 4.10. The number of Topliss-reactive ketones (excluding diaryl/α,β-unsaturated/α-hetero) is 1. The number of ketones is 1. The first kappa shape index (κ1) is 17.5. The molecule has 1 N–H and O–H groups in total. The van der Waals surface area contributed by atoms with Crippen LogP contribution in [0.3, 0.4) is 0 Å². The highest BCUT2D eigenvalue weighted by atomic mass is 16.3. The lowest BCUT2D eigenvalue weighted by atomic mass is 9.93. The SMILES string of the molecule is CC1=CCC(O)C(C)=CC2C(CCC(C)CC(=O)C1)C2(C)C. The van der Waals surface area contributed by atoms with E-state index in [2.05, 4.69) is 26.8 Å². The molecule has 0 aromatic rings. The average Bonchev–Trinajstić information content (AvgIpc) is 2.92. The summed E-state index contributed by atoms with van der Waals surface area (Å²) in [6, 6.07) is 0. The van der Waals surface area contributed by atoms with E-state index in [0.717, 1.165) is 17.6 Å². The number of carbonyl (C=O) groups excluding carboxylic acids is 1. The van der Waals surface area contributed by atoms with Crippen molar-refractivity contribution in [3.63, 3.8) is 0 Å². The largest absolute Gasteiger partial charge is 0.388 e. The molecule has 0 saturated heterocycles. The summed E-state index contributed by atoms with van der Waals surface area (Å²) in [5.41, 5.74) is 2.52. The first-order valence-corrected chi connectivity index (χ1v) is 8.75. The van der Waals surface area contributed by atoms with E-state index in [4.69, 9.17) is 0 Å². The highest BCUT2D eigenvalue weighted by molar-refractivity contribution is 5.80. The lowest BCUT2D eigenvalue weighted by Gasteiger charge is -2.13. The first-order valence-electron chi connectivity index (χ1n) is 8.75. The van der Waals surface area contributed by atoms with E-state index in [0.29, 0.717) is 48.2 Å². The molecule has 2 aliphatic carbocycles. The molecule has 2 rings (SSSR count). The van der Waals surface area contributed by atoms with Crippen LogP contribution < -0.4 is 0 Å². The van der Waals surface area contributed by atoms with E-state index in [1.165, 1.54) is 6.42 Å². The predicted molar refractivity (Wildman–Crippen MR) is 91.5 cm³/mol. The van der Waals surface area contributed by atoms with Gasteiger partial charge in [0.2, 0.25) is 0 Å². The van der Waals surface area contributed by atoms with Crippen LogP contribution in [0.5, 0.6) is 0 Å². The Hall–Kier alpha value is -0.890. The summed E-state index contributed by atoms with van der Waals surface area (Å²) in [5, 5.41) is 10.3. The summed E-state index contributed by atoms with van der Waals surface area (Å²) < 4.78 is 0. The van der Waals surface area contributed by atoms with Crippen LogP contribution in [-0.4, -0.2) is 17.0 Å². The molecular formula is C20H32O2. The zero-order valence-electron chi connectivity index (χ0n) is 14.9. The maximum absolute atomic E-state index is 12.1. The Morgan fingerprint density at radius 1 is 1.23 bits per heavy atom. The van der Waals surface area contributed by atoms with E-state index >= 15 is 0 Å². The molecule has 2 aliphatic rings. The van der Waals surface area contributed by atoms with Crippen LogP contribution in [0, 0.1) is 23.2 Å². The van der Waals surface area contributed by atoms with Crippen molar-refractivity contribution in [2.45, 2.75) is 72.8 Å². The van der Waals surface area contributed by atoms with Gasteiger partial charge >= 0.3 is 0 Å². The molecule has 0 aromatic carbocycles. The molecular weight excluding hydrogens is 272 g/mol. The number of hydrogen-bond donors (Lipinski definition) is 1. The van der Waals surface area contributed by atoms with Crippen molar-refractivity contribution in [1.82, 2.24) is 0 Å². The molecule has 0 aromatic heterocycles. The van der Waals surface area contributed by atoms with Crippen LogP contribution in [0.15, 0.2) is 23.3 Å². The normalized spacial score (nSPS) is 36.7. The molecule has 124 valence electrons. The van der Waals surface area contributed by atoms with Crippen molar-refractivity contribution in [3.05, 3.63) is 23.3 Å². The van der Waals surface area contributed by atoms with Gasteiger partial charge in [0.15, 0.2) is 0 Å². The van der Waals surface area contributed by atoms with Crippen LogP contribution in [0.25, 0.3) is 0 Å². The summed E-state index contributed by atoms with van der Waals surface area (Å²) in [6.45, 7) is 10.9. The second-order valence-electron chi connectivity index (χ2n) is 8.27. The van der Waals surface area contributed by atoms with Crippen molar-refractivity contribution in [1.29, 1.82) is 0 Å². The van der Waals surface area contributed by atoms with Gasteiger partial charge in [-0.05, 0) is 61.9 Å². The lowest BCUT2D eigenvalue weighted by Crippen LogP contribution is -2.09. The van der Waals surface area contributed by atoms with Crippen molar-refractivity contribution >= 4 is 5.78 Å². The molecule has 0 bridgehead atoms. The number of fused-ring (bicyclic) bond motifs is 1. The van der Waals surface area contributed by atoms with E-state index < -0.39 is 6.10 Å². The lowest BCUT2D eigenvalue weighted by molar-refractivity contribution is -0.119. The van der Waals surface area contributed by atoms with Gasteiger partial charge in [0.1, 0.15) is 5.78 Å². The Morgan fingerprint density at radius 2 is 1.91 bits per heavy atom. The quantitative estimate of drug-likeness (QED) is 0.660. The number of aliphatic hydroxyl groups excluding tert-OH is 1. The second kappa shape index (κ2) is 6.70. The molecule has 0 radical (unpaired) electrons. The molecule has 2 nitrogen and oxygen atoms in total. The highest BCUT2D eigenvalue weighted by Gasteiger charge is 2.55. The second-order valence-corrected chi connectivity index (χ2v) is 8.27. The Morgan fingerprint density at radius 3 is 2.59 bits per heavy atom. The minimum atomic E-state index is -0.413. The first-order chi connectivity index (χ1) is 10.2. The molecule has 0 heterocycles. The van der Waals surface area contributed by atoms with Gasteiger partial charge in [0, 0.05) is 12.8 Å². The number of hydrogen-bond acceptors (Lipinski definition) is 2. The van der Waals surface area contributed by atoms with Gasteiger partial charge in [0.05, 0.1) is 6.10 Å². The molecule has 2 heteroatoms. The molecule has 4 unspecified atom stereocenters. The summed E-state index contributed by atoms with van der Waals surface area (Å²) in [7, 11) is 0. The minimum absolute atomic E-state index is 0.340. The molecule has 1 fully saturated rings. The van der Waals surface area contributed by atoms with Crippen LogP contribution in [0.4, 0.5) is 0 Å². The van der Waals surface area contributed by atoms with Crippen LogP contribution in [0.1, 0.15) is 66.7 Å². The fraction of sp³-hybridized carbons (Fsp3) is 0.750. The van der Waals surface area contributed by atoms with Crippen molar-refractivity contribution in [2.24, 2.45) is 23.2 Å². The molecule has 0 aliphatic heterocycles. The minimum Gasteiger partial charge on any atom is -0.388 e. The van der Waals surface area contributed by atoms with Crippen LogP contribution in [-0.2, 0) is 4.79 Å². The Labute approximate surface area is 135 Å². The van der Waals surface area contributed by atoms with Gasteiger partial charge in [-0.15, -0.1) is 0 Å². The number of carbonyl (C=O) groups is 1. The highest BCUT2D eigenvalue weighted by Crippen LogP contribution is 2.61. The Balaban J connectivity index is 2.16. The van der Waals surface area contributed by atoms with Crippen molar-refractivity contribution in [2.75, 3.05) is 0 Å². The van der Waals surface area contributed by atoms with Crippen LogP contribution >= 0.6 is 0 Å². The standard InChI is InChI=1S/C20H32O2/c1-13-6-8-17-18(20(17,4)5)12-15(3)19(22)9-7-14(2)11-16(21)10-13/h7,12-13,17-19,22H,6,8-11H2,1-5H3. The van der Waals surface area contributed by atoms with Gasteiger partial charge in [-0.2, -0.15) is 0 Å². The zero-order valence-corrected chi connectivity index (χ0v) is 14.9. The Kier molecular flexibility index (Phi) is 5.32. The number of allylic oxidation sites excluding steroid dienone is 2. The fourth-order valence-corrected chi connectivity index (χ4v) is 3.97. The van der Waals surface area contributed by atoms with Gasteiger partial charge in [0.25, 0.3) is 0 Å². The smallest absolute Gasteiger partial charge is 0.137 e. The topological polar surface area (TPSA) is 37.3 Å². The average molecular weight is 304 g/mol. The summed E-state index contributed by atoms with van der Waals surface area (Å²) >= 11 is 0. The molecule has 0 spiro atoms. The van der Waals surface area contributed by atoms with Crippen molar-refractivity contribution in [3.8, 4) is 0 Å². The summed E-state index contributed by atoms with van der Waals surface area (Å²) in [4.78, 5) is 12.1. The summed E-state index contributed by atoms with van der Waals surface area (Å²) in [5.74, 6) is 2.10. The molecule has 1 saturated carbocycles. The van der Waals surface area contributed by atoms with Gasteiger partial charge in [-0.25, -0.2) is 0 Å². The number of aliphatic hydroxyl groups is 1. The van der Waals surface area contributed by atoms with E-state index in [9.17, 15) is 9.90 Å². The van der Waals surface area contributed by atoms with E-state index in [1.807, 2.05) is 19.9 Å². The van der Waals surface area contributed by atoms with Gasteiger partial charge in [-0.3, -0.25) is 4.79 Å². The fourth-order valence-electron chi connectivity index (χ4n) is 3.97. The monoisotopic (exact) mass is 304 g/mol. The van der Waals surface area contributed by atoms with E-state index in [1.54, 1.807) is 0 Å². The van der Waals surface area contributed by atoms with Crippen LogP contribution in [0.2, 0.25) is 0 Å². The predicted octanol–water partition coefficient (Wildman–Crippen LogP) is 4.68. The molecule has 4 atom stereocenters. The molecule has 22 heavy (non-hydrogen) atoms. The maximum Gasteiger partial charge on any atom is 0.137 e. The molecule has 0 amide bonds. The zero-order chi connectivity index (χ0) is 16.5.